The molecule has 188 valence electrons. The van der Waals surface area contributed by atoms with E-state index in [1.165, 1.54) is 35.4 Å². The highest BCUT2D eigenvalue weighted by Crippen LogP contribution is 2.43. The lowest BCUT2D eigenvalue weighted by Crippen LogP contribution is -2.43. The van der Waals surface area contributed by atoms with Crippen LogP contribution in [-0.2, 0) is 12.7 Å². The number of nitrogens with zero attached hydrogens (tertiary/aromatic N) is 4. The molecule has 1 saturated heterocycles. The Morgan fingerprint density at radius 1 is 1.22 bits per heavy atom. The molecule has 4 N–H and O–H groups in total. The first kappa shape index (κ1) is 23.8. The molecule has 0 saturated carbocycles. The number of alkyl halides is 3. The molecule has 0 aliphatic carbocycles. The van der Waals surface area contributed by atoms with Crippen LogP contribution in [0.3, 0.4) is 0 Å². The summed E-state index contributed by atoms with van der Waals surface area (Å²) in [6.45, 7) is 0.987. The predicted octanol–water partition coefficient (Wildman–Crippen LogP) is 4.15. The van der Waals surface area contributed by atoms with Crippen molar-refractivity contribution in [2.24, 2.45) is 5.73 Å². The lowest BCUT2D eigenvalue weighted by molar-refractivity contribution is -0.137. The summed E-state index contributed by atoms with van der Waals surface area (Å²) >= 11 is 0. The Bertz CT molecular complexity index is 1390. The zero-order valence-electron chi connectivity index (χ0n) is 19.0. The lowest BCUT2D eigenvalue weighted by atomic mass is 10.0. The number of nitrogens with two attached hydrogens (primary N) is 1. The molecule has 1 atom stereocenters. The van der Waals surface area contributed by atoms with Crippen LogP contribution in [0.1, 0.15) is 34.3 Å². The summed E-state index contributed by atoms with van der Waals surface area (Å²) in [5, 5.41) is 7.03. The van der Waals surface area contributed by atoms with E-state index in [-0.39, 0.29) is 46.4 Å². The number of piperidine rings is 1. The van der Waals surface area contributed by atoms with Gasteiger partial charge in [-0.3, -0.25) is 9.48 Å². The van der Waals surface area contributed by atoms with Crippen molar-refractivity contribution in [3.63, 3.8) is 0 Å². The van der Waals surface area contributed by atoms with Crippen molar-refractivity contribution in [2.75, 3.05) is 23.3 Å². The first-order valence-electron chi connectivity index (χ1n) is 11.3. The monoisotopic (exact) mass is 501 g/mol. The van der Waals surface area contributed by atoms with E-state index in [0.29, 0.717) is 19.5 Å². The van der Waals surface area contributed by atoms with Gasteiger partial charge in [0.25, 0.3) is 5.91 Å². The molecule has 1 fully saturated rings. The molecule has 0 radical (unpaired) electrons. The second-order valence-corrected chi connectivity index (χ2v) is 8.80. The number of halogens is 4. The molecule has 3 aromatic heterocycles. The first-order valence-corrected chi connectivity index (χ1v) is 11.3. The van der Waals surface area contributed by atoms with Gasteiger partial charge in [0, 0.05) is 37.7 Å². The highest BCUT2D eigenvalue weighted by molar-refractivity contribution is 6.11. The number of hydrogen-bond acceptors (Lipinski definition) is 5. The van der Waals surface area contributed by atoms with E-state index in [9.17, 15) is 22.4 Å². The first-order chi connectivity index (χ1) is 17.2. The SMILES string of the molecule is N[C@@H]1CCCN(c2c(C(F)(F)F)cnc3[nH]cc(NC(=O)c4cnn(Cc5ccc(F)cc5)c4)c23)C1. The summed E-state index contributed by atoms with van der Waals surface area (Å²) in [6.07, 6.45) is 1.84. The average molecular weight is 501 g/mol. The largest absolute Gasteiger partial charge is 0.419 e. The number of hydrogen-bond donors (Lipinski definition) is 3. The Morgan fingerprint density at radius 2 is 2.00 bits per heavy atom. The molecule has 36 heavy (non-hydrogen) atoms. The van der Waals surface area contributed by atoms with Gasteiger partial charge in [0.2, 0.25) is 0 Å². The summed E-state index contributed by atoms with van der Waals surface area (Å²) in [5.41, 5.74) is 6.53. The number of H-pyrrole nitrogens is 1. The minimum atomic E-state index is -4.64. The van der Waals surface area contributed by atoms with Gasteiger partial charge >= 0.3 is 6.18 Å². The van der Waals surface area contributed by atoms with Gasteiger partial charge in [0.15, 0.2) is 0 Å². The molecule has 4 aromatic rings. The predicted molar refractivity (Wildman–Crippen MR) is 126 cm³/mol. The zero-order valence-corrected chi connectivity index (χ0v) is 19.0. The van der Waals surface area contributed by atoms with E-state index in [0.717, 1.165) is 18.2 Å². The normalized spacial score (nSPS) is 16.5. The molecule has 1 aliphatic rings. The maximum Gasteiger partial charge on any atom is 0.419 e. The standard InChI is InChI=1S/C24H23F4N7O/c25-16-5-3-14(4-6-16)11-35-12-15(8-32-35)23(36)33-19-10-31-22-20(19)21(18(9-30-22)24(26,27)28)34-7-1-2-17(29)13-34/h3-6,8-10,12,17H,1-2,7,11,13,29H2,(H,30,31)(H,33,36)/t17-/m1/s1. The Morgan fingerprint density at radius 3 is 2.72 bits per heavy atom. The zero-order chi connectivity index (χ0) is 25.4. The molecule has 0 bridgehead atoms. The highest BCUT2D eigenvalue weighted by Gasteiger charge is 2.38. The van der Waals surface area contributed by atoms with Crippen LogP contribution in [0.5, 0.6) is 0 Å². The fourth-order valence-electron chi connectivity index (χ4n) is 4.47. The number of carbonyl (C=O) groups is 1. The van der Waals surface area contributed by atoms with E-state index >= 15 is 0 Å². The number of carbonyl (C=O) groups excluding carboxylic acids is 1. The fourth-order valence-corrected chi connectivity index (χ4v) is 4.47. The third-order valence-corrected chi connectivity index (χ3v) is 6.15. The van der Waals surface area contributed by atoms with Crippen LogP contribution in [0, 0.1) is 5.82 Å². The molecule has 8 nitrogen and oxygen atoms in total. The maximum absolute atomic E-state index is 14.0. The van der Waals surface area contributed by atoms with Crippen molar-refractivity contribution in [1.29, 1.82) is 0 Å². The van der Waals surface area contributed by atoms with Crippen LogP contribution in [0.25, 0.3) is 11.0 Å². The van der Waals surface area contributed by atoms with Crippen LogP contribution in [0.15, 0.2) is 49.1 Å². The molecule has 5 rings (SSSR count). The molecule has 12 heteroatoms. The van der Waals surface area contributed by atoms with Crippen LogP contribution in [0.4, 0.5) is 28.9 Å². The van der Waals surface area contributed by atoms with Crippen molar-refractivity contribution in [3.05, 3.63) is 71.6 Å². The maximum atomic E-state index is 14.0. The Balaban J connectivity index is 1.46. The lowest BCUT2D eigenvalue weighted by Gasteiger charge is -2.34. The molecule has 1 aliphatic heterocycles. The summed E-state index contributed by atoms with van der Waals surface area (Å²) in [6, 6.07) is 5.63. The number of amides is 1. The summed E-state index contributed by atoms with van der Waals surface area (Å²) in [7, 11) is 0. The molecule has 4 heterocycles. The van der Waals surface area contributed by atoms with Crippen molar-refractivity contribution < 1.29 is 22.4 Å². The molecule has 0 spiro atoms. The third kappa shape index (κ3) is 4.76. The van der Waals surface area contributed by atoms with Gasteiger partial charge in [-0.15, -0.1) is 0 Å². The molecular formula is C24H23F4N7O. The summed E-state index contributed by atoms with van der Waals surface area (Å²) in [4.78, 5) is 21.4. The van der Waals surface area contributed by atoms with Gasteiger partial charge < -0.3 is 20.9 Å². The van der Waals surface area contributed by atoms with Crippen molar-refractivity contribution in [2.45, 2.75) is 31.6 Å². The smallest absolute Gasteiger partial charge is 0.369 e. The number of fused-ring (bicyclic) bond motifs is 1. The summed E-state index contributed by atoms with van der Waals surface area (Å²) < 4.78 is 56.6. The van der Waals surface area contributed by atoms with E-state index < -0.39 is 17.6 Å². The molecule has 1 aromatic carbocycles. The fraction of sp³-hybridized carbons (Fsp3) is 0.292. The van der Waals surface area contributed by atoms with Crippen LogP contribution in [0.2, 0.25) is 0 Å². The van der Waals surface area contributed by atoms with Gasteiger partial charge in [-0.25, -0.2) is 9.37 Å². The van der Waals surface area contributed by atoms with Gasteiger partial charge in [-0.2, -0.15) is 18.3 Å². The van der Waals surface area contributed by atoms with Gasteiger partial charge in [0.05, 0.1) is 40.6 Å². The second kappa shape index (κ2) is 9.26. The quantitative estimate of drug-likeness (QED) is 0.357. The van der Waals surface area contributed by atoms with Crippen molar-refractivity contribution >= 4 is 28.3 Å². The number of nitrogens with one attached hydrogen (secondary N) is 2. The van der Waals surface area contributed by atoms with Crippen LogP contribution >= 0.6 is 0 Å². The number of aromatic amines is 1. The molecule has 0 unspecified atom stereocenters. The summed E-state index contributed by atoms with van der Waals surface area (Å²) in [5.74, 6) is -0.896. The number of pyridine rings is 1. The molecule has 1 amide bonds. The third-order valence-electron chi connectivity index (χ3n) is 6.15. The van der Waals surface area contributed by atoms with Gasteiger partial charge in [-0.1, -0.05) is 12.1 Å². The second-order valence-electron chi connectivity index (χ2n) is 8.80. The highest BCUT2D eigenvalue weighted by atomic mass is 19.4. The van der Waals surface area contributed by atoms with Gasteiger partial charge in [0.1, 0.15) is 11.5 Å². The minimum Gasteiger partial charge on any atom is -0.369 e. The van der Waals surface area contributed by atoms with Gasteiger partial charge in [-0.05, 0) is 30.5 Å². The van der Waals surface area contributed by atoms with E-state index in [1.54, 1.807) is 17.0 Å². The van der Waals surface area contributed by atoms with Crippen molar-refractivity contribution in [3.8, 4) is 0 Å². The number of aromatic nitrogens is 4. The van der Waals surface area contributed by atoms with Crippen molar-refractivity contribution in [1.82, 2.24) is 19.7 Å². The van der Waals surface area contributed by atoms with Crippen LogP contribution in [-0.4, -0.2) is 44.8 Å². The number of anilines is 2. The topological polar surface area (TPSA) is 105 Å². The number of rotatable bonds is 5. The van der Waals surface area contributed by atoms with E-state index in [4.69, 9.17) is 5.73 Å². The Labute approximate surface area is 203 Å². The Kier molecular flexibility index (Phi) is 6.12. The molecular weight excluding hydrogens is 478 g/mol. The van der Waals surface area contributed by atoms with E-state index in [2.05, 4.69) is 20.4 Å². The Hall–Kier alpha value is -3.93. The van der Waals surface area contributed by atoms with Crippen LogP contribution < -0.4 is 16.0 Å². The minimum absolute atomic E-state index is 0.0498. The van der Waals surface area contributed by atoms with E-state index in [1.807, 2.05) is 0 Å². The average Bonchev–Trinajstić information content (AvgIpc) is 3.47. The number of benzene rings is 1.